The molecule has 6 heteroatoms. The van der Waals surface area contributed by atoms with E-state index >= 15 is 0 Å². The van der Waals surface area contributed by atoms with Crippen LogP contribution in [0.15, 0.2) is 0 Å². The summed E-state index contributed by atoms with van der Waals surface area (Å²) in [5.41, 5.74) is 0. The highest BCUT2D eigenvalue weighted by Crippen LogP contribution is 2.43. The molecule has 2 rings (SSSR count). The molecular formula is C12H20O4S2. The van der Waals surface area contributed by atoms with Crippen LogP contribution in [0.4, 0.5) is 0 Å². The number of hydrogen-bond donors (Lipinski definition) is 1. The zero-order valence-electron chi connectivity index (χ0n) is 10.9. The normalized spacial score (nSPS) is 41.9. The number of methoxy groups -OCH3 is 1. The number of aliphatic hydroxyl groups excluding tert-OH is 1. The molecule has 1 N–H and O–H groups in total. The molecule has 0 amide bonds. The van der Waals surface area contributed by atoms with Crippen LogP contribution in [0.25, 0.3) is 0 Å². The van der Waals surface area contributed by atoms with Crippen molar-refractivity contribution in [3.63, 3.8) is 0 Å². The first-order chi connectivity index (χ1) is 8.56. The highest BCUT2D eigenvalue weighted by atomic mass is 32.2. The Kier molecular flexibility index (Phi) is 4.86. The summed E-state index contributed by atoms with van der Waals surface area (Å²) >= 11 is 3.70. The Morgan fingerprint density at radius 3 is 2.44 bits per heavy atom. The van der Waals surface area contributed by atoms with Crippen LogP contribution in [-0.4, -0.2) is 52.6 Å². The van der Waals surface area contributed by atoms with Crippen molar-refractivity contribution in [3.05, 3.63) is 0 Å². The Bertz CT molecular complexity index is 306. The van der Waals surface area contributed by atoms with Crippen LogP contribution in [0.1, 0.15) is 13.8 Å². The SMILES string of the molecule is COC(=O)[C@H]1O[C@@H](C2SCCS2)[C@@H](C)[C@@H](O)[C@H]1C. The van der Waals surface area contributed by atoms with E-state index in [1.807, 2.05) is 37.4 Å². The molecule has 4 nitrogen and oxygen atoms in total. The van der Waals surface area contributed by atoms with Crippen LogP contribution in [0.2, 0.25) is 0 Å². The number of aliphatic hydroxyl groups is 1. The Hall–Kier alpha value is 0.0900. The molecule has 104 valence electrons. The molecule has 0 radical (unpaired) electrons. The predicted molar refractivity (Wildman–Crippen MR) is 73.7 cm³/mol. The van der Waals surface area contributed by atoms with E-state index in [1.165, 1.54) is 7.11 Å². The van der Waals surface area contributed by atoms with Gasteiger partial charge in [-0.05, 0) is 0 Å². The summed E-state index contributed by atoms with van der Waals surface area (Å²) in [7, 11) is 1.36. The molecule has 0 aliphatic carbocycles. The zero-order valence-corrected chi connectivity index (χ0v) is 12.5. The van der Waals surface area contributed by atoms with E-state index in [4.69, 9.17) is 9.47 Å². The molecular weight excluding hydrogens is 272 g/mol. The number of carbonyl (C=O) groups is 1. The topological polar surface area (TPSA) is 55.8 Å². The molecule has 5 atom stereocenters. The second kappa shape index (κ2) is 6.03. The molecule has 0 aromatic carbocycles. The van der Waals surface area contributed by atoms with Gasteiger partial charge >= 0.3 is 5.97 Å². The number of esters is 1. The highest BCUT2D eigenvalue weighted by molar-refractivity contribution is 8.20. The fraction of sp³-hybridized carbons (Fsp3) is 0.917. The monoisotopic (exact) mass is 292 g/mol. The van der Waals surface area contributed by atoms with Crippen LogP contribution in [0, 0.1) is 11.8 Å². The average molecular weight is 292 g/mol. The molecule has 18 heavy (non-hydrogen) atoms. The van der Waals surface area contributed by atoms with Gasteiger partial charge in [-0.25, -0.2) is 4.79 Å². The Morgan fingerprint density at radius 1 is 1.28 bits per heavy atom. The van der Waals surface area contributed by atoms with Gasteiger partial charge in [0.15, 0.2) is 6.10 Å². The van der Waals surface area contributed by atoms with E-state index in [-0.39, 0.29) is 23.9 Å². The second-order valence-corrected chi connectivity index (χ2v) is 7.66. The van der Waals surface area contributed by atoms with Crippen LogP contribution in [0.5, 0.6) is 0 Å². The minimum Gasteiger partial charge on any atom is -0.467 e. The van der Waals surface area contributed by atoms with E-state index in [0.29, 0.717) is 4.58 Å². The van der Waals surface area contributed by atoms with Crippen LogP contribution < -0.4 is 0 Å². The molecule has 0 bridgehead atoms. The first-order valence-electron chi connectivity index (χ1n) is 6.20. The van der Waals surface area contributed by atoms with Gasteiger partial charge in [-0.15, -0.1) is 23.5 Å². The molecule has 2 heterocycles. The third-order valence-corrected chi connectivity index (χ3v) is 6.87. The molecule has 0 aromatic heterocycles. The first-order valence-corrected chi connectivity index (χ1v) is 8.30. The summed E-state index contributed by atoms with van der Waals surface area (Å²) in [5.74, 6) is 1.66. The predicted octanol–water partition coefficient (Wildman–Crippen LogP) is 1.37. The molecule has 2 fully saturated rings. The molecule has 2 saturated heterocycles. The molecule has 2 aliphatic heterocycles. The van der Waals surface area contributed by atoms with Crippen LogP contribution in [-0.2, 0) is 14.3 Å². The van der Waals surface area contributed by atoms with Gasteiger partial charge in [0.25, 0.3) is 0 Å². The Morgan fingerprint density at radius 2 is 1.89 bits per heavy atom. The number of ether oxygens (including phenoxy) is 2. The van der Waals surface area contributed by atoms with Gasteiger partial charge in [-0.1, -0.05) is 13.8 Å². The summed E-state index contributed by atoms with van der Waals surface area (Å²) in [5, 5.41) is 10.3. The lowest BCUT2D eigenvalue weighted by Gasteiger charge is -2.43. The lowest BCUT2D eigenvalue weighted by atomic mass is 9.83. The second-order valence-electron chi connectivity index (χ2n) is 4.86. The van der Waals surface area contributed by atoms with Crippen molar-refractivity contribution in [3.8, 4) is 0 Å². The largest absolute Gasteiger partial charge is 0.467 e. The minimum absolute atomic E-state index is 0.0454. The Labute approximate surface area is 116 Å². The smallest absolute Gasteiger partial charge is 0.335 e. The van der Waals surface area contributed by atoms with Gasteiger partial charge in [0.05, 0.1) is 23.9 Å². The molecule has 2 aliphatic rings. The molecule has 0 aromatic rings. The summed E-state index contributed by atoms with van der Waals surface area (Å²) in [6.07, 6.45) is -1.25. The molecule has 0 saturated carbocycles. The van der Waals surface area contributed by atoms with Gasteiger partial charge in [-0.2, -0.15) is 0 Å². The van der Waals surface area contributed by atoms with Crippen molar-refractivity contribution in [1.29, 1.82) is 0 Å². The fourth-order valence-corrected chi connectivity index (χ4v) is 5.73. The van der Waals surface area contributed by atoms with Gasteiger partial charge in [0, 0.05) is 23.3 Å². The van der Waals surface area contributed by atoms with Gasteiger partial charge < -0.3 is 14.6 Å². The quantitative estimate of drug-likeness (QED) is 0.776. The maximum atomic E-state index is 11.7. The molecule has 0 unspecified atom stereocenters. The average Bonchev–Trinajstić information content (AvgIpc) is 2.89. The van der Waals surface area contributed by atoms with Crippen molar-refractivity contribution in [2.24, 2.45) is 11.8 Å². The molecule has 0 spiro atoms. The van der Waals surface area contributed by atoms with Crippen molar-refractivity contribution < 1.29 is 19.4 Å². The van der Waals surface area contributed by atoms with E-state index in [9.17, 15) is 9.90 Å². The number of hydrogen-bond acceptors (Lipinski definition) is 6. The summed E-state index contributed by atoms with van der Waals surface area (Å²) < 4.78 is 11.0. The van der Waals surface area contributed by atoms with Crippen LogP contribution in [0.3, 0.4) is 0 Å². The third-order valence-electron chi connectivity index (χ3n) is 3.73. The Balaban J connectivity index is 2.12. The lowest BCUT2D eigenvalue weighted by molar-refractivity contribution is -0.190. The van der Waals surface area contributed by atoms with Gasteiger partial charge in [-0.3, -0.25) is 0 Å². The number of thioether (sulfide) groups is 2. The first kappa shape index (κ1) is 14.5. The maximum absolute atomic E-state index is 11.7. The number of carbonyl (C=O) groups excluding carboxylic acids is 1. The maximum Gasteiger partial charge on any atom is 0.335 e. The van der Waals surface area contributed by atoms with E-state index in [0.717, 1.165) is 11.5 Å². The van der Waals surface area contributed by atoms with E-state index < -0.39 is 12.2 Å². The summed E-state index contributed by atoms with van der Waals surface area (Å²) in [4.78, 5) is 11.7. The standard InChI is InChI=1S/C12H20O4S2/c1-6-8(13)7(2)10(12-17-4-5-18-12)16-9(6)11(14)15-3/h6-10,12-13H,4-5H2,1-3H3/t6-,7+,8+,9+,10-/m1/s1. The summed E-state index contributed by atoms with van der Waals surface area (Å²) in [6.45, 7) is 3.84. The van der Waals surface area contributed by atoms with Crippen molar-refractivity contribution in [2.45, 2.75) is 36.7 Å². The van der Waals surface area contributed by atoms with Crippen molar-refractivity contribution >= 4 is 29.5 Å². The van der Waals surface area contributed by atoms with E-state index in [1.54, 1.807) is 0 Å². The van der Waals surface area contributed by atoms with Gasteiger partial charge in [0.2, 0.25) is 0 Å². The van der Waals surface area contributed by atoms with Crippen molar-refractivity contribution in [2.75, 3.05) is 18.6 Å². The third kappa shape index (κ3) is 2.66. The van der Waals surface area contributed by atoms with Crippen molar-refractivity contribution in [1.82, 2.24) is 0 Å². The number of rotatable bonds is 2. The lowest BCUT2D eigenvalue weighted by Crippen LogP contribution is -2.54. The van der Waals surface area contributed by atoms with Gasteiger partial charge in [0.1, 0.15) is 0 Å². The zero-order chi connectivity index (χ0) is 13.3. The van der Waals surface area contributed by atoms with E-state index in [2.05, 4.69) is 0 Å². The summed E-state index contributed by atoms with van der Waals surface area (Å²) in [6, 6.07) is 0. The highest BCUT2D eigenvalue weighted by Gasteiger charge is 2.47. The van der Waals surface area contributed by atoms with Crippen LogP contribution >= 0.6 is 23.5 Å². The fourth-order valence-electron chi connectivity index (χ4n) is 2.53. The minimum atomic E-state index is -0.645.